The minimum Gasteiger partial charge on any atom is -0.467 e. The van der Waals surface area contributed by atoms with Crippen LogP contribution in [0.3, 0.4) is 0 Å². The molecule has 1 unspecified atom stereocenters. The van der Waals surface area contributed by atoms with E-state index in [1.54, 1.807) is 29.4 Å². The molecule has 1 atom stereocenters. The second-order valence-electron chi connectivity index (χ2n) is 8.31. The smallest absolute Gasteiger partial charge is 0.247 e. The van der Waals surface area contributed by atoms with Gasteiger partial charge in [0.05, 0.1) is 24.3 Å². The van der Waals surface area contributed by atoms with E-state index in [0.29, 0.717) is 12.2 Å². The van der Waals surface area contributed by atoms with Crippen LogP contribution in [0.1, 0.15) is 44.1 Å². The van der Waals surface area contributed by atoms with Crippen LogP contribution in [0.15, 0.2) is 53.2 Å². The molecule has 150 valence electrons. The van der Waals surface area contributed by atoms with Gasteiger partial charge in [0.25, 0.3) is 0 Å². The molecule has 1 aromatic carbocycles. The maximum absolute atomic E-state index is 12.9. The Kier molecular flexibility index (Phi) is 5.79. The average Bonchev–Trinajstić information content (AvgIpc) is 3.26. The Balaban J connectivity index is 1.76. The number of furan rings is 1. The molecule has 0 bridgehead atoms. The lowest BCUT2D eigenvalue weighted by Gasteiger charge is -2.26. The second-order valence-corrected chi connectivity index (χ2v) is 10.5. The van der Waals surface area contributed by atoms with Crippen LogP contribution in [-0.2, 0) is 26.6 Å². The number of carbonyl (C=O) groups is 1. The first-order chi connectivity index (χ1) is 13.1. The fourth-order valence-electron chi connectivity index (χ4n) is 3.34. The normalized spacial score (nSPS) is 19.2. The highest BCUT2D eigenvalue weighted by atomic mass is 32.2. The van der Waals surface area contributed by atoms with Crippen molar-refractivity contribution in [3.05, 3.63) is 65.6 Å². The number of hydrogen-bond donors (Lipinski definition) is 0. The van der Waals surface area contributed by atoms with E-state index < -0.39 is 9.84 Å². The van der Waals surface area contributed by atoms with Gasteiger partial charge in [-0.1, -0.05) is 45.0 Å². The Labute approximate surface area is 167 Å². The molecule has 0 radical (unpaired) electrons. The molecule has 3 rings (SSSR count). The van der Waals surface area contributed by atoms with Crippen molar-refractivity contribution in [1.29, 1.82) is 0 Å². The van der Waals surface area contributed by atoms with E-state index in [1.165, 1.54) is 11.6 Å². The molecule has 0 saturated carbocycles. The van der Waals surface area contributed by atoms with Crippen LogP contribution in [-0.4, -0.2) is 36.8 Å². The standard InChI is InChI=1S/C22H27NO4S/c1-22(2,3)18-9-6-17(7-10-18)8-11-21(24)23(15-20-5-4-13-27-20)19-12-14-28(25,26)16-19/h4-11,13,19H,12,14-16H2,1-3H3/b11-8+. The van der Waals surface area contributed by atoms with Crippen molar-refractivity contribution in [2.24, 2.45) is 0 Å². The van der Waals surface area contributed by atoms with Crippen molar-refractivity contribution in [2.45, 2.75) is 45.2 Å². The molecular weight excluding hydrogens is 374 g/mol. The molecule has 0 spiro atoms. The van der Waals surface area contributed by atoms with Gasteiger partial charge >= 0.3 is 0 Å². The molecule has 1 amide bonds. The lowest BCUT2D eigenvalue weighted by Crippen LogP contribution is -2.39. The number of rotatable bonds is 5. The van der Waals surface area contributed by atoms with Crippen molar-refractivity contribution in [1.82, 2.24) is 4.90 Å². The van der Waals surface area contributed by atoms with Gasteiger partial charge < -0.3 is 9.32 Å². The summed E-state index contributed by atoms with van der Waals surface area (Å²) in [5.74, 6) is 0.560. The molecule has 0 N–H and O–H groups in total. The quantitative estimate of drug-likeness (QED) is 0.715. The zero-order valence-electron chi connectivity index (χ0n) is 16.6. The second kappa shape index (κ2) is 7.95. The third kappa shape index (κ3) is 5.13. The predicted octanol–water partition coefficient (Wildman–Crippen LogP) is 3.81. The monoisotopic (exact) mass is 401 g/mol. The fraction of sp³-hybridized carbons (Fsp3) is 0.409. The zero-order chi connectivity index (χ0) is 20.4. The number of carbonyl (C=O) groups excluding carboxylic acids is 1. The van der Waals surface area contributed by atoms with Gasteiger partial charge in [-0.2, -0.15) is 0 Å². The summed E-state index contributed by atoms with van der Waals surface area (Å²) in [5, 5.41) is 0. The first-order valence-electron chi connectivity index (χ1n) is 9.46. The minimum absolute atomic E-state index is 0.00751. The van der Waals surface area contributed by atoms with Gasteiger partial charge in [0.2, 0.25) is 5.91 Å². The molecule has 28 heavy (non-hydrogen) atoms. The summed E-state index contributed by atoms with van der Waals surface area (Å²) in [6.07, 6.45) is 5.30. The lowest BCUT2D eigenvalue weighted by molar-refractivity contribution is -0.128. The van der Waals surface area contributed by atoms with Gasteiger partial charge in [-0.15, -0.1) is 0 Å². The van der Waals surface area contributed by atoms with Crippen molar-refractivity contribution in [2.75, 3.05) is 11.5 Å². The molecule has 1 aliphatic heterocycles. The zero-order valence-corrected chi connectivity index (χ0v) is 17.4. The molecule has 1 saturated heterocycles. The van der Waals surface area contributed by atoms with Crippen LogP contribution < -0.4 is 0 Å². The fourth-order valence-corrected chi connectivity index (χ4v) is 5.07. The topological polar surface area (TPSA) is 67.6 Å². The molecule has 1 aromatic heterocycles. The molecule has 1 aliphatic rings. The van der Waals surface area contributed by atoms with Gasteiger partial charge in [-0.25, -0.2) is 8.42 Å². The third-order valence-corrected chi connectivity index (χ3v) is 6.78. The van der Waals surface area contributed by atoms with E-state index in [1.807, 2.05) is 12.1 Å². The maximum Gasteiger partial charge on any atom is 0.247 e. The van der Waals surface area contributed by atoms with Gasteiger partial charge in [-0.3, -0.25) is 4.79 Å². The first-order valence-corrected chi connectivity index (χ1v) is 11.3. The minimum atomic E-state index is -3.09. The number of sulfone groups is 1. The summed E-state index contributed by atoms with van der Waals surface area (Å²) in [6, 6.07) is 11.3. The van der Waals surface area contributed by atoms with E-state index in [9.17, 15) is 13.2 Å². The van der Waals surface area contributed by atoms with E-state index in [-0.39, 0.29) is 35.4 Å². The Morgan fingerprint density at radius 1 is 1.21 bits per heavy atom. The molecule has 2 aromatic rings. The summed E-state index contributed by atoms with van der Waals surface area (Å²) in [7, 11) is -3.09. The Hall–Kier alpha value is -2.34. The van der Waals surface area contributed by atoms with Gasteiger partial charge in [-0.05, 0) is 41.2 Å². The summed E-state index contributed by atoms with van der Waals surface area (Å²) >= 11 is 0. The number of hydrogen-bond acceptors (Lipinski definition) is 4. The predicted molar refractivity (Wildman–Crippen MR) is 110 cm³/mol. The molecule has 5 nitrogen and oxygen atoms in total. The van der Waals surface area contributed by atoms with Crippen LogP contribution in [0, 0.1) is 0 Å². The van der Waals surface area contributed by atoms with E-state index in [0.717, 1.165) is 5.56 Å². The van der Waals surface area contributed by atoms with Crippen LogP contribution in [0.5, 0.6) is 0 Å². The highest BCUT2D eigenvalue weighted by Gasteiger charge is 2.34. The SMILES string of the molecule is CC(C)(C)c1ccc(/C=C/C(=O)N(Cc2ccco2)C2CCS(=O)(=O)C2)cc1. The highest BCUT2D eigenvalue weighted by Crippen LogP contribution is 2.23. The Morgan fingerprint density at radius 2 is 1.93 bits per heavy atom. The summed E-state index contributed by atoms with van der Waals surface area (Å²) in [4.78, 5) is 14.5. The lowest BCUT2D eigenvalue weighted by atomic mass is 9.87. The van der Waals surface area contributed by atoms with Crippen molar-refractivity contribution in [3.63, 3.8) is 0 Å². The van der Waals surface area contributed by atoms with Crippen molar-refractivity contribution < 1.29 is 17.6 Å². The number of nitrogens with zero attached hydrogens (tertiary/aromatic N) is 1. The van der Waals surface area contributed by atoms with E-state index >= 15 is 0 Å². The van der Waals surface area contributed by atoms with Crippen LogP contribution >= 0.6 is 0 Å². The molecule has 6 heteroatoms. The molecular formula is C22H27NO4S. The highest BCUT2D eigenvalue weighted by molar-refractivity contribution is 7.91. The Morgan fingerprint density at radius 3 is 2.46 bits per heavy atom. The van der Waals surface area contributed by atoms with Crippen molar-refractivity contribution in [3.8, 4) is 0 Å². The molecule has 0 aliphatic carbocycles. The van der Waals surface area contributed by atoms with Crippen LogP contribution in [0.2, 0.25) is 0 Å². The third-order valence-electron chi connectivity index (χ3n) is 5.03. The van der Waals surface area contributed by atoms with Crippen molar-refractivity contribution >= 4 is 21.8 Å². The van der Waals surface area contributed by atoms with Gasteiger partial charge in [0.15, 0.2) is 9.84 Å². The van der Waals surface area contributed by atoms with E-state index in [4.69, 9.17) is 4.42 Å². The molecule has 2 heterocycles. The summed E-state index contributed by atoms with van der Waals surface area (Å²) in [6.45, 7) is 6.73. The number of amides is 1. The van der Waals surface area contributed by atoms with E-state index in [2.05, 4.69) is 32.9 Å². The van der Waals surface area contributed by atoms with Crippen LogP contribution in [0.25, 0.3) is 6.08 Å². The first kappa shape index (κ1) is 20.4. The summed E-state index contributed by atoms with van der Waals surface area (Å²) < 4.78 is 29.1. The molecule has 1 fully saturated rings. The van der Waals surface area contributed by atoms with Gasteiger partial charge in [0.1, 0.15) is 5.76 Å². The largest absolute Gasteiger partial charge is 0.467 e. The van der Waals surface area contributed by atoms with Gasteiger partial charge in [0, 0.05) is 12.1 Å². The number of benzene rings is 1. The van der Waals surface area contributed by atoms with Crippen LogP contribution in [0.4, 0.5) is 0 Å². The maximum atomic E-state index is 12.9. The Bertz CT molecular complexity index is 935. The average molecular weight is 402 g/mol. The summed E-state index contributed by atoms with van der Waals surface area (Å²) in [5.41, 5.74) is 2.23.